The summed E-state index contributed by atoms with van der Waals surface area (Å²) < 4.78 is 6.96. The number of likely N-dealkylation sites (N-methyl/N-ethyl adjacent to an activating group) is 1. The van der Waals surface area contributed by atoms with Crippen LogP contribution in [0, 0.1) is 0 Å². The van der Waals surface area contributed by atoms with Gasteiger partial charge >= 0.3 is 0 Å². The second-order valence-corrected chi connectivity index (χ2v) is 8.12. The molecule has 164 valence electrons. The van der Waals surface area contributed by atoms with Crippen molar-refractivity contribution in [2.24, 2.45) is 0 Å². The number of nitrogens with zero attached hydrogens (tertiary/aromatic N) is 6. The first-order chi connectivity index (χ1) is 15.7. The summed E-state index contributed by atoms with van der Waals surface area (Å²) in [5.74, 6) is 1.39. The maximum atomic E-state index is 5.14. The number of nitrogens with one attached hydrogen (secondary N) is 1. The molecule has 4 aromatic rings. The van der Waals surface area contributed by atoms with E-state index in [4.69, 9.17) is 9.84 Å². The number of methoxy groups -OCH3 is 1. The number of aromatic nitrogens is 4. The van der Waals surface area contributed by atoms with E-state index in [0.717, 1.165) is 61.1 Å². The van der Waals surface area contributed by atoms with Gasteiger partial charge in [-0.2, -0.15) is 9.61 Å². The third kappa shape index (κ3) is 4.42. The van der Waals surface area contributed by atoms with Crippen molar-refractivity contribution >= 4 is 17.2 Å². The second kappa shape index (κ2) is 8.94. The van der Waals surface area contributed by atoms with Crippen molar-refractivity contribution in [2.75, 3.05) is 45.7 Å². The first-order valence-corrected chi connectivity index (χ1v) is 10.8. The van der Waals surface area contributed by atoms with E-state index in [2.05, 4.69) is 56.4 Å². The van der Waals surface area contributed by atoms with Crippen LogP contribution in [0.1, 0.15) is 5.56 Å². The molecule has 0 radical (unpaired) electrons. The third-order valence-electron chi connectivity index (χ3n) is 5.83. The predicted octanol–water partition coefficient (Wildman–Crippen LogP) is 3.29. The van der Waals surface area contributed by atoms with Gasteiger partial charge in [-0.05, 0) is 42.9 Å². The molecule has 1 N–H and O–H groups in total. The molecular formula is C24H27N7O. The Morgan fingerprint density at radius 2 is 1.72 bits per heavy atom. The molecular weight excluding hydrogens is 402 g/mol. The number of hydrogen-bond acceptors (Lipinski definition) is 7. The number of ether oxygens (including phenoxy) is 1. The Hall–Kier alpha value is -3.49. The molecule has 1 fully saturated rings. The van der Waals surface area contributed by atoms with E-state index in [0.29, 0.717) is 5.88 Å². The van der Waals surface area contributed by atoms with Gasteiger partial charge < -0.3 is 15.0 Å². The first-order valence-electron chi connectivity index (χ1n) is 10.8. The molecule has 0 aliphatic carbocycles. The van der Waals surface area contributed by atoms with Gasteiger partial charge in [0.1, 0.15) is 0 Å². The molecule has 1 aliphatic heterocycles. The minimum Gasteiger partial charge on any atom is -0.481 e. The van der Waals surface area contributed by atoms with Gasteiger partial charge in [-0.3, -0.25) is 4.90 Å². The summed E-state index contributed by atoms with van der Waals surface area (Å²) in [5.41, 5.74) is 4.85. The molecule has 0 saturated carbocycles. The quantitative estimate of drug-likeness (QED) is 0.504. The summed E-state index contributed by atoms with van der Waals surface area (Å²) in [6.45, 7) is 5.50. The monoisotopic (exact) mass is 429 g/mol. The van der Waals surface area contributed by atoms with Crippen LogP contribution in [0.3, 0.4) is 0 Å². The number of benzene rings is 1. The molecule has 5 rings (SSSR count). The van der Waals surface area contributed by atoms with Gasteiger partial charge in [-0.1, -0.05) is 12.1 Å². The van der Waals surface area contributed by atoms with Gasteiger partial charge in [0.2, 0.25) is 5.88 Å². The fraction of sp³-hybridized carbons (Fsp3) is 0.292. The van der Waals surface area contributed by atoms with Crippen LogP contribution < -0.4 is 10.1 Å². The van der Waals surface area contributed by atoms with Crippen molar-refractivity contribution in [3.05, 3.63) is 66.5 Å². The topological polar surface area (TPSA) is 70.8 Å². The Morgan fingerprint density at radius 3 is 2.44 bits per heavy atom. The van der Waals surface area contributed by atoms with Gasteiger partial charge in [-0.25, -0.2) is 9.97 Å². The average Bonchev–Trinajstić information content (AvgIpc) is 3.24. The molecule has 32 heavy (non-hydrogen) atoms. The Labute approximate surface area is 187 Å². The van der Waals surface area contributed by atoms with Crippen LogP contribution in [0.4, 0.5) is 11.5 Å². The molecule has 0 bridgehead atoms. The van der Waals surface area contributed by atoms with Gasteiger partial charge in [0.15, 0.2) is 11.5 Å². The minimum atomic E-state index is 0.580. The number of rotatable bonds is 6. The molecule has 1 aliphatic rings. The molecule has 8 heteroatoms. The Bertz CT molecular complexity index is 1180. The third-order valence-corrected chi connectivity index (χ3v) is 5.83. The van der Waals surface area contributed by atoms with Crippen LogP contribution in [0.15, 0.2) is 60.9 Å². The maximum absolute atomic E-state index is 5.14. The summed E-state index contributed by atoms with van der Waals surface area (Å²) in [7, 11) is 3.79. The lowest BCUT2D eigenvalue weighted by Gasteiger charge is -2.32. The van der Waals surface area contributed by atoms with E-state index < -0.39 is 0 Å². The Morgan fingerprint density at radius 1 is 0.906 bits per heavy atom. The normalized spacial score (nSPS) is 15.2. The summed E-state index contributed by atoms with van der Waals surface area (Å²) in [4.78, 5) is 13.6. The molecule has 0 unspecified atom stereocenters. The molecule has 8 nitrogen and oxygen atoms in total. The van der Waals surface area contributed by atoms with E-state index in [1.807, 2.05) is 28.8 Å². The number of imidazole rings is 1. The second-order valence-electron chi connectivity index (χ2n) is 8.12. The fourth-order valence-corrected chi connectivity index (χ4v) is 3.87. The number of anilines is 2. The highest BCUT2D eigenvalue weighted by atomic mass is 16.5. The largest absolute Gasteiger partial charge is 0.481 e. The lowest BCUT2D eigenvalue weighted by Crippen LogP contribution is -2.43. The number of fused-ring (bicyclic) bond motifs is 1. The molecule has 0 atom stereocenters. The van der Waals surface area contributed by atoms with Crippen molar-refractivity contribution in [3.63, 3.8) is 0 Å². The van der Waals surface area contributed by atoms with Crippen molar-refractivity contribution in [3.8, 4) is 17.1 Å². The highest BCUT2D eigenvalue weighted by molar-refractivity contribution is 5.63. The molecule has 1 aromatic carbocycles. The molecule has 3 aromatic heterocycles. The van der Waals surface area contributed by atoms with Crippen LogP contribution in [0.5, 0.6) is 5.88 Å². The van der Waals surface area contributed by atoms with Crippen LogP contribution in [0.2, 0.25) is 0 Å². The Kier molecular flexibility index (Phi) is 5.70. The van der Waals surface area contributed by atoms with E-state index in [1.54, 1.807) is 19.5 Å². The highest BCUT2D eigenvalue weighted by Crippen LogP contribution is 2.22. The standard InChI is InChI=1S/C24H27N7O/c1-29-11-13-30(14-12-29)17-18-3-6-20(7-4-18)27-23-16-25-22-9-8-21(28-31(22)23)19-5-10-24(32-2)26-15-19/h3-10,15-16,27H,11-14,17H2,1-2H3. The lowest BCUT2D eigenvalue weighted by molar-refractivity contribution is 0.148. The smallest absolute Gasteiger partial charge is 0.212 e. The molecule has 4 heterocycles. The highest BCUT2D eigenvalue weighted by Gasteiger charge is 2.14. The van der Waals surface area contributed by atoms with Crippen LogP contribution in [-0.2, 0) is 6.54 Å². The minimum absolute atomic E-state index is 0.580. The summed E-state index contributed by atoms with van der Waals surface area (Å²) in [6, 6.07) is 16.3. The summed E-state index contributed by atoms with van der Waals surface area (Å²) in [6.07, 6.45) is 3.56. The number of piperazine rings is 1. The van der Waals surface area contributed by atoms with E-state index in [9.17, 15) is 0 Å². The fourth-order valence-electron chi connectivity index (χ4n) is 3.87. The number of pyridine rings is 1. The van der Waals surface area contributed by atoms with E-state index in [-0.39, 0.29) is 0 Å². The van der Waals surface area contributed by atoms with Crippen LogP contribution in [-0.4, -0.2) is 69.7 Å². The zero-order valence-electron chi connectivity index (χ0n) is 18.4. The number of hydrogen-bond donors (Lipinski definition) is 1. The van der Waals surface area contributed by atoms with Crippen molar-refractivity contribution in [1.82, 2.24) is 29.4 Å². The first kappa shape index (κ1) is 20.4. The van der Waals surface area contributed by atoms with E-state index >= 15 is 0 Å². The molecule has 1 saturated heterocycles. The Balaban J connectivity index is 1.31. The van der Waals surface area contributed by atoms with Crippen LogP contribution in [0.25, 0.3) is 16.9 Å². The van der Waals surface area contributed by atoms with Crippen molar-refractivity contribution in [2.45, 2.75) is 6.54 Å². The zero-order valence-corrected chi connectivity index (χ0v) is 18.4. The predicted molar refractivity (Wildman–Crippen MR) is 125 cm³/mol. The van der Waals surface area contributed by atoms with Crippen molar-refractivity contribution in [1.29, 1.82) is 0 Å². The van der Waals surface area contributed by atoms with Gasteiger partial charge in [0.25, 0.3) is 0 Å². The SMILES string of the molecule is COc1ccc(-c2ccc3ncc(Nc4ccc(CN5CCN(C)CC5)cc4)n3n2)cn1. The lowest BCUT2D eigenvalue weighted by atomic mass is 10.2. The van der Waals surface area contributed by atoms with Gasteiger partial charge in [0.05, 0.1) is 19.0 Å². The molecule has 0 amide bonds. The zero-order chi connectivity index (χ0) is 21.9. The van der Waals surface area contributed by atoms with Gasteiger partial charge in [-0.15, -0.1) is 0 Å². The maximum Gasteiger partial charge on any atom is 0.212 e. The van der Waals surface area contributed by atoms with Gasteiger partial charge in [0, 0.05) is 56.2 Å². The van der Waals surface area contributed by atoms with Crippen molar-refractivity contribution < 1.29 is 4.74 Å². The summed E-state index contributed by atoms with van der Waals surface area (Å²) >= 11 is 0. The van der Waals surface area contributed by atoms with E-state index in [1.165, 1.54) is 5.56 Å². The molecule has 0 spiro atoms. The van der Waals surface area contributed by atoms with Crippen LogP contribution >= 0.6 is 0 Å². The average molecular weight is 430 g/mol. The summed E-state index contributed by atoms with van der Waals surface area (Å²) in [5, 5.41) is 8.20.